The van der Waals surface area contributed by atoms with E-state index in [0.717, 1.165) is 24.3 Å². The molecule has 21 heavy (non-hydrogen) atoms. The number of hydrogen-bond donors (Lipinski definition) is 2. The highest BCUT2D eigenvalue weighted by Crippen LogP contribution is 2.20. The first kappa shape index (κ1) is 15.6. The molecule has 0 atom stereocenters. The molecule has 0 saturated carbocycles. The number of aryl methyl sites for hydroxylation is 1. The molecule has 4 heteroatoms. The lowest BCUT2D eigenvalue weighted by molar-refractivity contribution is -0.118. The van der Waals surface area contributed by atoms with E-state index in [4.69, 9.17) is 0 Å². The number of nitrogens with one attached hydrogen (secondary N) is 2. The maximum atomic E-state index is 11.7. The van der Waals surface area contributed by atoms with Gasteiger partial charge in [-0.15, -0.1) is 11.3 Å². The summed E-state index contributed by atoms with van der Waals surface area (Å²) in [5.74, 6) is 0.0261. The number of benzene rings is 1. The number of carbonyl (C=O) groups is 1. The van der Waals surface area contributed by atoms with Gasteiger partial charge in [-0.05, 0) is 36.8 Å². The highest BCUT2D eigenvalue weighted by molar-refractivity contribution is 7.12. The molecule has 0 unspecified atom stereocenters. The fourth-order valence-corrected chi connectivity index (χ4v) is 2.79. The van der Waals surface area contributed by atoms with Crippen molar-refractivity contribution in [2.24, 2.45) is 5.92 Å². The predicted molar refractivity (Wildman–Crippen MR) is 90.9 cm³/mol. The summed E-state index contributed by atoms with van der Waals surface area (Å²) in [6.07, 6.45) is 1.08. The molecular weight excluding hydrogens is 280 g/mol. The van der Waals surface area contributed by atoms with E-state index < -0.39 is 0 Å². The first-order valence-electron chi connectivity index (χ1n) is 7.31. The SMILES string of the molecule is CCc1ccc(CNc2cccc(NC(=O)C(C)C)c2)s1. The predicted octanol–water partition coefficient (Wildman–Crippen LogP) is 4.52. The summed E-state index contributed by atoms with van der Waals surface area (Å²) in [6, 6.07) is 12.2. The van der Waals surface area contributed by atoms with Crippen LogP contribution < -0.4 is 10.6 Å². The second kappa shape index (κ2) is 7.27. The molecule has 1 heterocycles. The zero-order valence-electron chi connectivity index (χ0n) is 12.8. The van der Waals surface area contributed by atoms with Crippen LogP contribution >= 0.6 is 11.3 Å². The number of hydrogen-bond acceptors (Lipinski definition) is 3. The van der Waals surface area contributed by atoms with Crippen LogP contribution in [0.1, 0.15) is 30.5 Å². The Morgan fingerprint density at radius 1 is 1.14 bits per heavy atom. The smallest absolute Gasteiger partial charge is 0.226 e. The Balaban J connectivity index is 1.96. The molecule has 2 rings (SSSR count). The lowest BCUT2D eigenvalue weighted by atomic mass is 10.2. The van der Waals surface area contributed by atoms with Crippen molar-refractivity contribution in [3.63, 3.8) is 0 Å². The van der Waals surface area contributed by atoms with Crippen LogP contribution in [0.3, 0.4) is 0 Å². The van der Waals surface area contributed by atoms with Crippen LogP contribution in [0.4, 0.5) is 11.4 Å². The fraction of sp³-hybridized carbons (Fsp3) is 0.353. The van der Waals surface area contributed by atoms with Gasteiger partial charge in [0.1, 0.15) is 0 Å². The molecule has 0 aliphatic carbocycles. The first-order chi connectivity index (χ1) is 10.1. The number of carbonyl (C=O) groups excluding carboxylic acids is 1. The Morgan fingerprint density at radius 3 is 2.52 bits per heavy atom. The van der Waals surface area contributed by atoms with Crippen LogP contribution in [-0.4, -0.2) is 5.91 Å². The van der Waals surface area contributed by atoms with Crippen LogP contribution in [0.5, 0.6) is 0 Å². The minimum atomic E-state index is -0.0137. The quantitative estimate of drug-likeness (QED) is 0.824. The average molecular weight is 302 g/mol. The molecule has 0 saturated heterocycles. The van der Waals surface area contributed by atoms with Gasteiger partial charge in [-0.25, -0.2) is 0 Å². The van der Waals surface area contributed by atoms with Crippen molar-refractivity contribution in [3.8, 4) is 0 Å². The summed E-state index contributed by atoms with van der Waals surface area (Å²) >= 11 is 1.84. The van der Waals surface area contributed by atoms with Crippen molar-refractivity contribution >= 4 is 28.6 Å². The first-order valence-corrected chi connectivity index (χ1v) is 8.12. The number of amides is 1. The summed E-state index contributed by atoms with van der Waals surface area (Å²) in [5, 5.41) is 6.32. The second-order valence-corrected chi connectivity index (χ2v) is 6.55. The number of thiophene rings is 1. The van der Waals surface area contributed by atoms with Gasteiger partial charge in [0.2, 0.25) is 5.91 Å². The van der Waals surface area contributed by atoms with Crippen molar-refractivity contribution in [2.45, 2.75) is 33.7 Å². The van der Waals surface area contributed by atoms with Crippen LogP contribution in [-0.2, 0) is 17.8 Å². The molecule has 0 aliphatic rings. The third-order valence-electron chi connectivity index (χ3n) is 3.19. The molecule has 0 fully saturated rings. The zero-order valence-corrected chi connectivity index (χ0v) is 13.6. The minimum Gasteiger partial charge on any atom is -0.380 e. The maximum Gasteiger partial charge on any atom is 0.226 e. The van der Waals surface area contributed by atoms with Crippen LogP contribution in [0.2, 0.25) is 0 Å². The number of anilines is 2. The third kappa shape index (κ3) is 4.60. The van der Waals surface area contributed by atoms with E-state index in [2.05, 4.69) is 29.7 Å². The molecule has 2 N–H and O–H groups in total. The summed E-state index contributed by atoms with van der Waals surface area (Å²) in [4.78, 5) is 14.4. The topological polar surface area (TPSA) is 41.1 Å². The van der Waals surface area contributed by atoms with E-state index in [0.29, 0.717) is 0 Å². The maximum absolute atomic E-state index is 11.7. The molecule has 3 nitrogen and oxygen atoms in total. The summed E-state index contributed by atoms with van der Waals surface area (Å²) in [5.41, 5.74) is 1.85. The highest BCUT2D eigenvalue weighted by atomic mass is 32.1. The van der Waals surface area contributed by atoms with Crippen molar-refractivity contribution in [1.29, 1.82) is 0 Å². The standard InChI is InChI=1S/C17H22N2OS/c1-4-15-8-9-16(21-15)11-18-13-6-5-7-14(10-13)19-17(20)12(2)3/h5-10,12,18H,4,11H2,1-3H3,(H,19,20). The minimum absolute atomic E-state index is 0.0137. The van der Waals surface area contributed by atoms with E-state index in [9.17, 15) is 4.79 Å². The molecule has 1 aromatic carbocycles. The third-order valence-corrected chi connectivity index (χ3v) is 4.42. The Kier molecular flexibility index (Phi) is 5.39. The highest BCUT2D eigenvalue weighted by Gasteiger charge is 2.07. The largest absolute Gasteiger partial charge is 0.380 e. The van der Waals surface area contributed by atoms with Gasteiger partial charge in [-0.2, -0.15) is 0 Å². The Morgan fingerprint density at radius 2 is 1.86 bits per heavy atom. The summed E-state index contributed by atoms with van der Waals surface area (Å²) in [6.45, 7) is 6.76. The van der Waals surface area contributed by atoms with Gasteiger partial charge < -0.3 is 10.6 Å². The Bertz CT molecular complexity index is 604. The average Bonchev–Trinajstić information content (AvgIpc) is 2.93. The van der Waals surface area contributed by atoms with E-state index in [1.54, 1.807) is 0 Å². The monoisotopic (exact) mass is 302 g/mol. The van der Waals surface area contributed by atoms with Gasteiger partial charge in [0.05, 0.1) is 0 Å². The Labute approximate surface area is 130 Å². The van der Waals surface area contributed by atoms with Gasteiger partial charge in [-0.3, -0.25) is 4.79 Å². The second-order valence-electron chi connectivity index (χ2n) is 5.30. The van der Waals surface area contributed by atoms with Gasteiger partial charge in [-0.1, -0.05) is 26.8 Å². The molecule has 112 valence electrons. The van der Waals surface area contributed by atoms with Crippen LogP contribution in [0, 0.1) is 5.92 Å². The van der Waals surface area contributed by atoms with E-state index in [1.807, 2.05) is 49.4 Å². The van der Waals surface area contributed by atoms with Crippen molar-refractivity contribution < 1.29 is 4.79 Å². The molecule has 0 radical (unpaired) electrons. The fourth-order valence-electron chi connectivity index (χ4n) is 1.89. The van der Waals surface area contributed by atoms with E-state index >= 15 is 0 Å². The molecule has 2 aromatic rings. The van der Waals surface area contributed by atoms with Crippen LogP contribution in [0.15, 0.2) is 36.4 Å². The van der Waals surface area contributed by atoms with Gasteiger partial charge >= 0.3 is 0 Å². The lowest BCUT2D eigenvalue weighted by Crippen LogP contribution is -2.17. The van der Waals surface area contributed by atoms with Gasteiger partial charge in [0, 0.05) is 33.6 Å². The number of rotatable bonds is 6. The summed E-state index contributed by atoms with van der Waals surface area (Å²) in [7, 11) is 0. The van der Waals surface area contributed by atoms with Crippen LogP contribution in [0.25, 0.3) is 0 Å². The molecule has 0 bridgehead atoms. The van der Waals surface area contributed by atoms with Crippen molar-refractivity contribution in [3.05, 3.63) is 46.2 Å². The van der Waals surface area contributed by atoms with Gasteiger partial charge in [0.25, 0.3) is 0 Å². The van der Waals surface area contributed by atoms with Gasteiger partial charge in [0.15, 0.2) is 0 Å². The molecule has 0 spiro atoms. The molecule has 0 aliphatic heterocycles. The van der Waals surface area contributed by atoms with Crippen molar-refractivity contribution in [2.75, 3.05) is 10.6 Å². The lowest BCUT2D eigenvalue weighted by Gasteiger charge is -2.10. The summed E-state index contributed by atoms with van der Waals surface area (Å²) < 4.78 is 0. The van der Waals surface area contributed by atoms with E-state index in [1.165, 1.54) is 9.75 Å². The normalized spacial score (nSPS) is 10.7. The molecule has 1 aromatic heterocycles. The van der Waals surface area contributed by atoms with E-state index in [-0.39, 0.29) is 11.8 Å². The molecular formula is C17H22N2OS. The Hall–Kier alpha value is -1.81. The zero-order chi connectivity index (χ0) is 15.2. The van der Waals surface area contributed by atoms with Crippen molar-refractivity contribution in [1.82, 2.24) is 0 Å². The molecule has 1 amide bonds.